The predicted octanol–water partition coefficient (Wildman–Crippen LogP) is 3.96. The standard InChI is InChI=1S/C30H59NO7/c1-3-5-7-9-10-11-12-13-14-15-16-17-18-20-25(33)24(31-21-19-8-6-4-2)23-37-30-29(36)28(35)27(34)26(22-32)38-30/h18,20,24-36H,3-17,19,21-23H2,1-2H3/b20-18+/t24-,25+,26+,27+,28-,29+,30?/m0/s1. The Labute approximate surface area is 231 Å². The molecule has 0 aromatic carbocycles. The highest BCUT2D eigenvalue weighted by atomic mass is 16.7. The van der Waals surface area contributed by atoms with Crippen LogP contribution < -0.4 is 5.32 Å². The Kier molecular flexibility index (Phi) is 21.6. The average Bonchev–Trinajstić information content (AvgIpc) is 2.92. The van der Waals surface area contributed by atoms with Gasteiger partial charge < -0.3 is 40.3 Å². The van der Waals surface area contributed by atoms with Crippen LogP contribution in [0.25, 0.3) is 0 Å². The molecule has 1 unspecified atom stereocenters. The van der Waals surface area contributed by atoms with E-state index >= 15 is 0 Å². The Balaban J connectivity index is 2.39. The summed E-state index contributed by atoms with van der Waals surface area (Å²) in [6, 6.07) is -0.419. The van der Waals surface area contributed by atoms with Crippen molar-refractivity contribution in [2.24, 2.45) is 0 Å². The summed E-state index contributed by atoms with van der Waals surface area (Å²) in [6.07, 6.45) is 16.1. The van der Waals surface area contributed by atoms with E-state index in [1.807, 2.05) is 6.08 Å². The van der Waals surface area contributed by atoms with E-state index in [-0.39, 0.29) is 6.61 Å². The largest absolute Gasteiger partial charge is 0.394 e. The molecular formula is C30H59NO7. The van der Waals surface area contributed by atoms with Crippen LogP contribution in [0.15, 0.2) is 12.2 Å². The lowest BCUT2D eigenvalue weighted by Crippen LogP contribution is -2.59. The number of aliphatic hydroxyl groups is 5. The summed E-state index contributed by atoms with van der Waals surface area (Å²) in [7, 11) is 0. The van der Waals surface area contributed by atoms with E-state index in [1.54, 1.807) is 6.08 Å². The maximum atomic E-state index is 10.8. The predicted molar refractivity (Wildman–Crippen MR) is 152 cm³/mol. The zero-order valence-corrected chi connectivity index (χ0v) is 24.2. The van der Waals surface area contributed by atoms with Crippen molar-refractivity contribution in [3.8, 4) is 0 Å². The molecule has 1 aliphatic heterocycles. The fraction of sp³-hybridized carbons (Fsp3) is 0.933. The first kappa shape index (κ1) is 35.4. The van der Waals surface area contributed by atoms with Crippen LogP contribution in [0.4, 0.5) is 0 Å². The van der Waals surface area contributed by atoms with Gasteiger partial charge in [0.2, 0.25) is 0 Å². The molecule has 0 aliphatic carbocycles. The second kappa shape index (κ2) is 23.2. The van der Waals surface area contributed by atoms with Gasteiger partial charge in [-0.25, -0.2) is 0 Å². The fourth-order valence-electron chi connectivity index (χ4n) is 4.82. The van der Waals surface area contributed by atoms with Gasteiger partial charge in [0, 0.05) is 0 Å². The van der Waals surface area contributed by atoms with E-state index in [2.05, 4.69) is 19.2 Å². The topological polar surface area (TPSA) is 132 Å². The third kappa shape index (κ3) is 15.3. The molecular weight excluding hydrogens is 486 g/mol. The summed E-state index contributed by atoms with van der Waals surface area (Å²) in [5.74, 6) is 0. The van der Waals surface area contributed by atoms with Crippen LogP contribution in [-0.2, 0) is 9.47 Å². The van der Waals surface area contributed by atoms with E-state index in [9.17, 15) is 25.5 Å². The maximum absolute atomic E-state index is 10.8. The van der Waals surface area contributed by atoms with Crippen LogP contribution in [0.3, 0.4) is 0 Å². The van der Waals surface area contributed by atoms with Crippen molar-refractivity contribution in [1.82, 2.24) is 5.32 Å². The van der Waals surface area contributed by atoms with Gasteiger partial charge in [-0.1, -0.05) is 109 Å². The number of hydrogen-bond donors (Lipinski definition) is 6. The van der Waals surface area contributed by atoms with Gasteiger partial charge in [0.05, 0.1) is 25.4 Å². The minimum absolute atomic E-state index is 0.0421. The summed E-state index contributed by atoms with van der Waals surface area (Å²) in [5.41, 5.74) is 0. The Morgan fingerprint density at radius 1 is 0.763 bits per heavy atom. The summed E-state index contributed by atoms with van der Waals surface area (Å²) >= 11 is 0. The number of hydrogen-bond acceptors (Lipinski definition) is 8. The third-order valence-corrected chi connectivity index (χ3v) is 7.45. The van der Waals surface area contributed by atoms with Gasteiger partial charge in [0.25, 0.3) is 0 Å². The second-order valence-corrected chi connectivity index (χ2v) is 10.9. The van der Waals surface area contributed by atoms with Crippen molar-refractivity contribution in [2.75, 3.05) is 19.8 Å². The minimum atomic E-state index is -1.48. The van der Waals surface area contributed by atoms with E-state index in [4.69, 9.17) is 9.47 Å². The summed E-state index contributed by atoms with van der Waals surface area (Å²) < 4.78 is 11.2. The van der Waals surface area contributed by atoms with Crippen molar-refractivity contribution in [1.29, 1.82) is 0 Å². The van der Waals surface area contributed by atoms with Gasteiger partial charge in [-0.05, 0) is 25.8 Å². The number of aliphatic hydroxyl groups excluding tert-OH is 5. The molecule has 1 fully saturated rings. The number of rotatable bonds is 24. The first-order valence-electron chi connectivity index (χ1n) is 15.5. The quantitative estimate of drug-likeness (QED) is 0.0794. The van der Waals surface area contributed by atoms with Gasteiger partial charge in [-0.3, -0.25) is 0 Å². The zero-order valence-electron chi connectivity index (χ0n) is 24.2. The Morgan fingerprint density at radius 2 is 1.32 bits per heavy atom. The van der Waals surface area contributed by atoms with Gasteiger partial charge in [0.15, 0.2) is 6.29 Å². The van der Waals surface area contributed by atoms with Crippen LogP contribution in [-0.4, -0.2) is 88.1 Å². The lowest BCUT2D eigenvalue weighted by Gasteiger charge is -2.40. The number of unbranched alkanes of at least 4 members (excludes halogenated alkanes) is 14. The monoisotopic (exact) mass is 545 g/mol. The van der Waals surface area contributed by atoms with Crippen LogP contribution >= 0.6 is 0 Å². The van der Waals surface area contributed by atoms with E-state index in [1.165, 1.54) is 64.2 Å². The second-order valence-electron chi connectivity index (χ2n) is 10.9. The molecule has 1 aliphatic rings. The van der Waals surface area contributed by atoms with Gasteiger partial charge >= 0.3 is 0 Å². The molecule has 0 spiro atoms. The van der Waals surface area contributed by atoms with E-state index < -0.39 is 49.5 Å². The SMILES string of the molecule is CCCCCCCCCCCCC/C=C/[C@@H](O)[C@H](COC1O[C@H](CO)[C@@H](O)[C@H](O)[C@H]1O)NCCCCCC. The number of ether oxygens (including phenoxy) is 2. The molecule has 6 N–H and O–H groups in total. The lowest BCUT2D eigenvalue weighted by atomic mass is 9.99. The van der Waals surface area contributed by atoms with Crippen LogP contribution in [0.1, 0.15) is 117 Å². The molecule has 7 atom stereocenters. The van der Waals surface area contributed by atoms with Crippen molar-refractivity contribution in [2.45, 2.75) is 159 Å². The molecule has 0 bridgehead atoms. The molecule has 1 rings (SSSR count). The highest BCUT2D eigenvalue weighted by Gasteiger charge is 2.44. The summed E-state index contributed by atoms with van der Waals surface area (Å²) in [5, 5.41) is 53.8. The molecule has 1 heterocycles. The highest BCUT2D eigenvalue weighted by Crippen LogP contribution is 2.22. The molecule has 0 saturated carbocycles. The molecule has 0 aromatic heterocycles. The number of allylic oxidation sites excluding steroid dienone is 1. The molecule has 1 saturated heterocycles. The third-order valence-electron chi connectivity index (χ3n) is 7.45. The van der Waals surface area contributed by atoms with Crippen molar-refractivity contribution in [3.63, 3.8) is 0 Å². The highest BCUT2D eigenvalue weighted by molar-refractivity contribution is 4.96. The van der Waals surface area contributed by atoms with Crippen molar-refractivity contribution in [3.05, 3.63) is 12.2 Å². The van der Waals surface area contributed by atoms with E-state index in [0.717, 1.165) is 45.1 Å². The molecule has 8 heteroatoms. The molecule has 0 aromatic rings. The van der Waals surface area contributed by atoms with E-state index in [0.29, 0.717) is 0 Å². The minimum Gasteiger partial charge on any atom is -0.394 e. The normalized spacial score (nSPS) is 25.7. The van der Waals surface area contributed by atoms with Crippen LogP contribution in [0, 0.1) is 0 Å². The van der Waals surface area contributed by atoms with Crippen molar-refractivity contribution >= 4 is 0 Å². The first-order valence-corrected chi connectivity index (χ1v) is 15.5. The Hall–Kier alpha value is -0.580. The molecule has 38 heavy (non-hydrogen) atoms. The maximum Gasteiger partial charge on any atom is 0.186 e. The Bertz CT molecular complexity index is 563. The fourth-order valence-corrected chi connectivity index (χ4v) is 4.82. The molecule has 8 nitrogen and oxygen atoms in total. The summed E-state index contributed by atoms with van der Waals surface area (Å²) in [4.78, 5) is 0. The van der Waals surface area contributed by atoms with Crippen LogP contribution in [0.5, 0.6) is 0 Å². The average molecular weight is 546 g/mol. The van der Waals surface area contributed by atoms with Gasteiger partial charge in [-0.15, -0.1) is 0 Å². The van der Waals surface area contributed by atoms with Crippen LogP contribution in [0.2, 0.25) is 0 Å². The molecule has 226 valence electrons. The molecule has 0 radical (unpaired) electrons. The van der Waals surface area contributed by atoms with Gasteiger partial charge in [-0.2, -0.15) is 0 Å². The first-order chi connectivity index (χ1) is 18.5. The zero-order chi connectivity index (χ0) is 28.0. The molecule has 0 amide bonds. The Morgan fingerprint density at radius 3 is 1.89 bits per heavy atom. The van der Waals surface area contributed by atoms with Crippen molar-refractivity contribution < 1.29 is 35.0 Å². The summed E-state index contributed by atoms with van der Waals surface area (Å²) in [6.45, 7) is 4.68. The lowest BCUT2D eigenvalue weighted by molar-refractivity contribution is -0.302. The van der Waals surface area contributed by atoms with Gasteiger partial charge in [0.1, 0.15) is 24.4 Å². The number of nitrogens with one attached hydrogen (secondary N) is 1. The smallest absolute Gasteiger partial charge is 0.186 e.